The minimum atomic E-state index is -1.44. The van der Waals surface area contributed by atoms with E-state index in [-0.39, 0.29) is 0 Å². The Hall–Kier alpha value is -0.266. The van der Waals surface area contributed by atoms with Crippen LogP contribution in [0.25, 0.3) is 0 Å². The van der Waals surface area contributed by atoms with Crippen LogP contribution in [0.3, 0.4) is 0 Å². The first kappa shape index (κ1) is 17.7. The van der Waals surface area contributed by atoms with E-state index in [1.54, 1.807) is 0 Å². The van der Waals surface area contributed by atoms with Crippen molar-refractivity contribution in [3.63, 3.8) is 0 Å². The Labute approximate surface area is 117 Å². The van der Waals surface area contributed by atoms with Gasteiger partial charge in [-0.15, -0.1) is 5.54 Å². The lowest BCUT2D eigenvalue weighted by Gasteiger charge is -2.34. The normalized spacial score (nSPS) is 14.6. The average Bonchev–Trinajstić information content (AvgIpc) is 2.08. The molecule has 0 fully saturated rings. The van der Waals surface area contributed by atoms with E-state index in [2.05, 4.69) is 91.0 Å². The Balaban J connectivity index is 4.92. The second-order valence-electron chi connectivity index (χ2n) is 8.45. The summed E-state index contributed by atoms with van der Waals surface area (Å²) < 4.78 is 0. The van der Waals surface area contributed by atoms with Crippen molar-refractivity contribution < 1.29 is 0 Å². The summed E-state index contributed by atoms with van der Waals surface area (Å²) in [6.45, 7) is 23.5. The molecule has 0 nitrogen and oxygen atoms in total. The maximum atomic E-state index is 3.55. The van der Waals surface area contributed by atoms with Crippen LogP contribution in [0.2, 0.25) is 36.3 Å². The van der Waals surface area contributed by atoms with Crippen LogP contribution in [-0.4, -0.2) is 16.1 Å². The van der Waals surface area contributed by atoms with E-state index in [0.717, 1.165) is 0 Å². The number of allylic oxidation sites excluding steroid dienone is 1. The van der Waals surface area contributed by atoms with Gasteiger partial charge in [-0.3, -0.25) is 0 Å². The molecule has 0 aromatic heterocycles. The van der Waals surface area contributed by atoms with Crippen LogP contribution in [0.1, 0.15) is 41.5 Å². The van der Waals surface area contributed by atoms with Crippen LogP contribution >= 0.6 is 0 Å². The second kappa shape index (κ2) is 5.39. The third kappa shape index (κ3) is 4.78. The molecular weight excluding hydrogens is 248 g/mol. The first-order valence-corrected chi connectivity index (χ1v) is 13.0. The topological polar surface area (TPSA) is 0 Å². The Morgan fingerprint density at radius 3 is 1.56 bits per heavy atom. The van der Waals surface area contributed by atoms with Gasteiger partial charge in [-0.1, -0.05) is 79.4 Å². The van der Waals surface area contributed by atoms with E-state index in [1.807, 2.05) is 0 Å². The molecule has 0 aliphatic carbocycles. The zero-order chi connectivity index (χ0) is 14.8. The first-order valence-electron chi connectivity index (χ1n) is 6.91. The van der Waals surface area contributed by atoms with E-state index in [4.69, 9.17) is 0 Å². The quantitative estimate of drug-likeness (QED) is 0.430. The monoisotopic (exact) mass is 280 g/mol. The summed E-state index contributed by atoms with van der Waals surface area (Å²) in [5, 5.41) is 0.757. The van der Waals surface area contributed by atoms with Crippen LogP contribution < -0.4 is 0 Å². The highest BCUT2D eigenvalue weighted by atomic mass is 28.3. The van der Waals surface area contributed by atoms with Gasteiger partial charge in [0.1, 0.15) is 8.07 Å². The zero-order valence-electron chi connectivity index (χ0n) is 14.2. The van der Waals surface area contributed by atoms with Gasteiger partial charge in [-0.25, -0.2) is 0 Å². The molecule has 0 bridgehead atoms. The van der Waals surface area contributed by atoms with E-state index in [0.29, 0.717) is 10.1 Å². The number of hydrogen-bond acceptors (Lipinski definition) is 0. The lowest BCUT2D eigenvalue weighted by molar-refractivity contribution is 0.728. The SMILES string of the molecule is CC(C)(C)[Si](C)(C)C#C/C=C/[Si](C)(C)C(C)(C)C. The standard InChI is InChI=1S/C16H32Si2/c1-15(2,3)17(7,8)13-11-12-14-18(9,10)16(4,5)6/h11,13H,1-10H3/b13-11+. The highest BCUT2D eigenvalue weighted by molar-refractivity contribution is 6.87. The summed E-state index contributed by atoms with van der Waals surface area (Å²) in [5.41, 5.74) is 5.94. The summed E-state index contributed by atoms with van der Waals surface area (Å²) in [5.74, 6) is 3.33. The van der Waals surface area contributed by atoms with Gasteiger partial charge in [0.15, 0.2) is 0 Å². The van der Waals surface area contributed by atoms with Gasteiger partial charge in [-0.05, 0) is 16.2 Å². The van der Waals surface area contributed by atoms with Gasteiger partial charge in [0.05, 0.1) is 8.07 Å². The summed E-state index contributed by atoms with van der Waals surface area (Å²) in [7, 11) is -2.76. The molecule has 0 aromatic carbocycles. The molecule has 0 aliphatic rings. The molecule has 0 aliphatic heterocycles. The molecule has 0 saturated carbocycles. The molecule has 0 amide bonds. The molecule has 0 heterocycles. The van der Waals surface area contributed by atoms with Crippen molar-refractivity contribution in [3.8, 4) is 11.5 Å². The van der Waals surface area contributed by atoms with Crippen molar-refractivity contribution in [2.45, 2.75) is 77.8 Å². The molecule has 0 spiro atoms. The van der Waals surface area contributed by atoms with E-state index in [1.165, 1.54) is 0 Å². The third-order valence-electron chi connectivity index (χ3n) is 4.78. The highest BCUT2D eigenvalue weighted by Gasteiger charge is 2.34. The molecule has 0 atom stereocenters. The third-order valence-corrected chi connectivity index (χ3v) is 14.2. The highest BCUT2D eigenvalue weighted by Crippen LogP contribution is 2.37. The largest absolute Gasteiger partial charge is 0.138 e. The van der Waals surface area contributed by atoms with Crippen LogP contribution in [0.5, 0.6) is 0 Å². The van der Waals surface area contributed by atoms with Gasteiger partial charge in [-0.2, -0.15) is 0 Å². The molecule has 0 radical (unpaired) electrons. The zero-order valence-corrected chi connectivity index (χ0v) is 16.2. The predicted molar refractivity (Wildman–Crippen MR) is 91.3 cm³/mol. The maximum Gasteiger partial charge on any atom is 0.138 e. The Kier molecular flexibility index (Phi) is 5.31. The fourth-order valence-electron chi connectivity index (χ4n) is 0.910. The summed E-state index contributed by atoms with van der Waals surface area (Å²) in [6.07, 6.45) is 2.12. The molecule has 0 unspecified atom stereocenters. The maximum absolute atomic E-state index is 3.55. The molecule has 104 valence electrons. The Bertz CT molecular complexity index is 363. The van der Waals surface area contributed by atoms with Crippen LogP contribution in [0, 0.1) is 11.5 Å². The van der Waals surface area contributed by atoms with Gasteiger partial charge in [0.2, 0.25) is 0 Å². The molecule has 0 N–H and O–H groups in total. The van der Waals surface area contributed by atoms with E-state index < -0.39 is 16.1 Å². The van der Waals surface area contributed by atoms with Crippen molar-refractivity contribution in [2.24, 2.45) is 0 Å². The van der Waals surface area contributed by atoms with Gasteiger partial charge in [0, 0.05) is 0 Å². The Morgan fingerprint density at radius 1 is 0.778 bits per heavy atom. The fourth-order valence-corrected chi connectivity index (χ4v) is 2.73. The van der Waals surface area contributed by atoms with Crippen molar-refractivity contribution in [1.82, 2.24) is 0 Å². The predicted octanol–water partition coefficient (Wildman–Crippen LogP) is 5.64. The van der Waals surface area contributed by atoms with Gasteiger partial charge < -0.3 is 0 Å². The molecular formula is C16H32Si2. The van der Waals surface area contributed by atoms with Crippen molar-refractivity contribution >= 4 is 16.1 Å². The van der Waals surface area contributed by atoms with Crippen molar-refractivity contribution in [3.05, 3.63) is 11.8 Å². The Morgan fingerprint density at radius 2 is 1.22 bits per heavy atom. The lowest BCUT2D eigenvalue weighted by atomic mass is 10.2. The van der Waals surface area contributed by atoms with Crippen molar-refractivity contribution in [1.29, 1.82) is 0 Å². The van der Waals surface area contributed by atoms with Gasteiger partial charge in [0.25, 0.3) is 0 Å². The minimum Gasteiger partial charge on any atom is -0.127 e. The smallest absolute Gasteiger partial charge is 0.127 e. The summed E-state index contributed by atoms with van der Waals surface area (Å²) in [4.78, 5) is 0. The average molecular weight is 281 g/mol. The number of rotatable bonds is 1. The fraction of sp³-hybridized carbons (Fsp3) is 0.750. The second-order valence-corrected chi connectivity index (χ2v) is 18.7. The van der Waals surface area contributed by atoms with Crippen molar-refractivity contribution in [2.75, 3.05) is 0 Å². The first-order chi connectivity index (χ1) is 7.71. The molecule has 2 heteroatoms. The van der Waals surface area contributed by atoms with Crippen LogP contribution in [0.4, 0.5) is 0 Å². The van der Waals surface area contributed by atoms with Gasteiger partial charge >= 0.3 is 0 Å². The molecule has 18 heavy (non-hydrogen) atoms. The molecule has 0 saturated heterocycles. The van der Waals surface area contributed by atoms with E-state index in [9.17, 15) is 0 Å². The number of hydrogen-bond donors (Lipinski definition) is 0. The summed E-state index contributed by atoms with van der Waals surface area (Å²) >= 11 is 0. The minimum absolute atomic E-state index is 0.352. The summed E-state index contributed by atoms with van der Waals surface area (Å²) in [6, 6.07) is 0. The molecule has 0 aromatic rings. The lowest BCUT2D eigenvalue weighted by Crippen LogP contribution is -2.35. The van der Waals surface area contributed by atoms with E-state index >= 15 is 0 Å². The van der Waals surface area contributed by atoms with Crippen LogP contribution in [0.15, 0.2) is 11.8 Å². The van der Waals surface area contributed by atoms with Crippen LogP contribution in [-0.2, 0) is 0 Å². The molecule has 0 rings (SSSR count).